The number of aromatic nitrogens is 2. The third-order valence-corrected chi connectivity index (χ3v) is 9.04. The number of thioether (sulfide) groups is 1. The van der Waals surface area contributed by atoms with Gasteiger partial charge in [-0.15, -0.1) is 0 Å². The van der Waals surface area contributed by atoms with Gasteiger partial charge in [0.2, 0.25) is 5.91 Å². The number of aliphatic hydroxyl groups excluding tert-OH is 1. The Morgan fingerprint density at radius 2 is 1.53 bits per heavy atom. The number of nitrogens with one attached hydrogen (secondary N) is 1. The normalized spacial score (nSPS) is 17.7. The van der Waals surface area contributed by atoms with E-state index in [1.54, 1.807) is 30.2 Å². The van der Waals surface area contributed by atoms with E-state index in [9.17, 15) is 14.7 Å². The summed E-state index contributed by atoms with van der Waals surface area (Å²) in [4.78, 5) is 31.6. The molecule has 47 heavy (non-hydrogen) atoms. The highest BCUT2D eigenvalue weighted by atomic mass is 32.2. The third kappa shape index (κ3) is 10.7. The van der Waals surface area contributed by atoms with E-state index in [-0.39, 0.29) is 31.1 Å². The molecule has 2 heterocycles. The molecule has 0 spiro atoms. The molecule has 1 fully saturated rings. The second kappa shape index (κ2) is 17.7. The molecular formula is C37H41N3O6S. The van der Waals surface area contributed by atoms with Crippen LogP contribution in [0.4, 0.5) is 0 Å². The molecule has 9 nitrogen and oxygen atoms in total. The van der Waals surface area contributed by atoms with Crippen molar-refractivity contribution in [2.75, 3.05) is 5.75 Å². The lowest BCUT2D eigenvalue weighted by Crippen LogP contribution is -2.31. The van der Waals surface area contributed by atoms with Crippen molar-refractivity contribution in [1.82, 2.24) is 15.3 Å². The number of benzene rings is 3. The zero-order chi connectivity index (χ0) is 32.8. The van der Waals surface area contributed by atoms with Crippen LogP contribution in [0.15, 0.2) is 96.4 Å². The molecule has 0 bridgehead atoms. The summed E-state index contributed by atoms with van der Waals surface area (Å²) in [7, 11) is 0. The highest BCUT2D eigenvalue weighted by Gasteiger charge is 2.32. The first-order valence-electron chi connectivity index (χ1n) is 16.0. The van der Waals surface area contributed by atoms with Crippen LogP contribution in [0.1, 0.15) is 79.6 Å². The van der Waals surface area contributed by atoms with Crippen LogP contribution in [-0.4, -0.2) is 43.9 Å². The van der Waals surface area contributed by atoms with Gasteiger partial charge in [0.1, 0.15) is 0 Å². The summed E-state index contributed by atoms with van der Waals surface area (Å²) in [6.07, 6.45) is 7.03. The van der Waals surface area contributed by atoms with E-state index in [1.165, 1.54) is 0 Å². The third-order valence-electron chi connectivity index (χ3n) is 8.03. The van der Waals surface area contributed by atoms with Crippen molar-refractivity contribution in [3.05, 3.63) is 114 Å². The van der Waals surface area contributed by atoms with E-state index in [1.807, 2.05) is 48.5 Å². The minimum Gasteiger partial charge on any atom is -0.481 e. The molecule has 0 aliphatic carbocycles. The van der Waals surface area contributed by atoms with E-state index < -0.39 is 12.3 Å². The molecule has 3 N–H and O–H groups in total. The Labute approximate surface area is 279 Å². The first kappa shape index (κ1) is 34.3. The van der Waals surface area contributed by atoms with Gasteiger partial charge in [-0.2, -0.15) is 0 Å². The number of aliphatic carboxylic acids is 1. The minimum absolute atomic E-state index is 0.00103. The van der Waals surface area contributed by atoms with E-state index in [4.69, 9.17) is 14.6 Å². The Kier molecular flexibility index (Phi) is 12.9. The van der Waals surface area contributed by atoms with Crippen LogP contribution >= 0.6 is 11.8 Å². The van der Waals surface area contributed by atoms with Gasteiger partial charge in [-0.1, -0.05) is 91.3 Å². The van der Waals surface area contributed by atoms with Gasteiger partial charge >= 0.3 is 5.97 Å². The van der Waals surface area contributed by atoms with E-state index in [2.05, 4.69) is 39.6 Å². The van der Waals surface area contributed by atoms with Crippen molar-refractivity contribution in [1.29, 1.82) is 0 Å². The molecule has 1 amide bonds. The lowest BCUT2D eigenvalue weighted by Gasteiger charge is -2.36. The van der Waals surface area contributed by atoms with Gasteiger partial charge in [-0.25, -0.2) is 9.97 Å². The summed E-state index contributed by atoms with van der Waals surface area (Å²) in [5, 5.41) is 21.9. The summed E-state index contributed by atoms with van der Waals surface area (Å²) < 4.78 is 13.0. The second-order valence-corrected chi connectivity index (χ2v) is 12.6. The van der Waals surface area contributed by atoms with Crippen LogP contribution in [0, 0.1) is 0 Å². The number of hydrogen-bond acceptors (Lipinski definition) is 8. The predicted octanol–water partition coefficient (Wildman–Crippen LogP) is 7.02. The maximum atomic E-state index is 12.3. The number of ether oxygens (including phenoxy) is 2. The molecule has 3 atom stereocenters. The predicted molar refractivity (Wildman–Crippen MR) is 180 cm³/mol. The largest absolute Gasteiger partial charge is 0.481 e. The number of carboxylic acid groups (broad SMARTS) is 1. The van der Waals surface area contributed by atoms with Gasteiger partial charge in [0, 0.05) is 49.5 Å². The fourth-order valence-corrected chi connectivity index (χ4v) is 6.27. The fraction of sp³-hybridized carbons (Fsp3) is 0.351. The number of rotatable bonds is 16. The topological polar surface area (TPSA) is 131 Å². The number of carboxylic acids is 1. The summed E-state index contributed by atoms with van der Waals surface area (Å²) >= 11 is 1.56. The molecule has 5 rings (SSSR count). The van der Waals surface area contributed by atoms with E-state index in [0.717, 1.165) is 52.6 Å². The first-order valence-corrected chi connectivity index (χ1v) is 17.0. The van der Waals surface area contributed by atoms with Crippen LogP contribution < -0.4 is 5.32 Å². The lowest BCUT2D eigenvalue weighted by molar-refractivity contribution is -0.245. The van der Waals surface area contributed by atoms with Gasteiger partial charge in [-0.3, -0.25) is 9.59 Å². The van der Waals surface area contributed by atoms with Crippen LogP contribution in [0.3, 0.4) is 0 Å². The summed E-state index contributed by atoms with van der Waals surface area (Å²) in [6, 6.07) is 26.0. The number of carbonyl (C=O) groups excluding carboxylic acids is 1. The number of nitrogens with zero attached hydrogens (tertiary/aromatic N) is 2. The molecular weight excluding hydrogens is 614 g/mol. The SMILES string of the molecule is O=C(O)CCCCCCC(=O)NCc1cccc(-c2ccc([C@@H]3O[C@H](CSc4ncccn4)C[C@H](c4ccc(CO)cc4)O3)cc2)c1. The Morgan fingerprint density at radius 1 is 0.809 bits per heavy atom. The number of aliphatic hydroxyl groups is 1. The number of carbonyl (C=O) groups is 2. The molecule has 1 saturated heterocycles. The van der Waals surface area contributed by atoms with Gasteiger partial charge in [-0.05, 0) is 52.8 Å². The van der Waals surface area contributed by atoms with Crippen molar-refractivity contribution in [3.8, 4) is 11.1 Å². The summed E-state index contributed by atoms with van der Waals surface area (Å²) in [6.45, 7) is 0.443. The number of unbranched alkanes of at least 4 members (excludes halogenated alkanes) is 3. The Balaban J connectivity index is 1.19. The molecule has 10 heteroatoms. The standard InChI is InChI=1S/C37H41N3O6S/c41-24-26-11-13-29(14-12-26)33-22-32(25-47-37-38-19-6-20-39-37)45-36(46-33)30-17-15-28(16-18-30)31-8-5-7-27(21-31)23-40-34(42)9-3-1-2-4-10-35(43)44/h5-8,11-21,32-33,36,41H,1-4,9-10,22-25H2,(H,40,42)(H,43,44)/t32-,33+,36+/m0/s1. The quantitative estimate of drug-likeness (QED) is 0.0662. The molecule has 3 aromatic carbocycles. The van der Waals surface area contributed by atoms with E-state index in [0.29, 0.717) is 36.7 Å². The van der Waals surface area contributed by atoms with Crippen LogP contribution in [0.25, 0.3) is 11.1 Å². The Bertz CT molecular complexity index is 1570. The second-order valence-electron chi connectivity index (χ2n) is 11.6. The highest BCUT2D eigenvalue weighted by molar-refractivity contribution is 7.99. The monoisotopic (exact) mass is 655 g/mol. The summed E-state index contributed by atoms with van der Waals surface area (Å²) in [5.74, 6) is -0.0902. The average molecular weight is 656 g/mol. The van der Waals surface area contributed by atoms with Crippen LogP contribution in [-0.2, 0) is 32.2 Å². The van der Waals surface area contributed by atoms with Crippen LogP contribution in [0.5, 0.6) is 0 Å². The number of amides is 1. The lowest BCUT2D eigenvalue weighted by atomic mass is 9.99. The Hall–Kier alpha value is -4.09. The van der Waals surface area contributed by atoms with Crippen molar-refractivity contribution in [2.24, 2.45) is 0 Å². The number of hydrogen-bond donors (Lipinski definition) is 3. The van der Waals surface area contributed by atoms with Crippen molar-refractivity contribution >= 4 is 23.6 Å². The minimum atomic E-state index is -0.775. The molecule has 1 aromatic heterocycles. The smallest absolute Gasteiger partial charge is 0.303 e. The molecule has 0 radical (unpaired) electrons. The zero-order valence-corrected chi connectivity index (χ0v) is 27.1. The van der Waals surface area contributed by atoms with Gasteiger partial charge in [0.15, 0.2) is 11.4 Å². The first-order chi connectivity index (χ1) is 23.0. The molecule has 0 saturated carbocycles. The molecule has 1 aliphatic rings. The maximum absolute atomic E-state index is 12.3. The van der Waals surface area contributed by atoms with Gasteiger partial charge in [0.05, 0.1) is 18.8 Å². The molecule has 0 unspecified atom stereocenters. The summed E-state index contributed by atoms with van der Waals surface area (Å²) in [5.41, 5.74) is 5.92. The van der Waals surface area contributed by atoms with Crippen LogP contribution in [0.2, 0.25) is 0 Å². The molecule has 246 valence electrons. The van der Waals surface area contributed by atoms with Crippen molar-refractivity contribution in [2.45, 2.75) is 81.8 Å². The van der Waals surface area contributed by atoms with Crippen molar-refractivity contribution < 1.29 is 29.3 Å². The maximum Gasteiger partial charge on any atom is 0.303 e. The Morgan fingerprint density at radius 3 is 2.26 bits per heavy atom. The zero-order valence-electron chi connectivity index (χ0n) is 26.3. The van der Waals surface area contributed by atoms with E-state index >= 15 is 0 Å². The van der Waals surface area contributed by atoms with Crippen molar-refractivity contribution in [3.63, 3.8) is 0 Å². The highest BCUT2D eigenvalue weighted by Crippen LogP contribution is 2.39. The average Bonchev–Trinajstić information content (AvgIpc) is 3.11. The molecule has 4 aromatic rings. The van der Waals surface area contributed by atoms with Gasteiger partial charge < -0.3 is 25.0 Å². The fourth-order valence-electron chi connectivity index (χ4n) is 5.45. The molecule has 1 aliphatic heterocycles. The van der Waals surface area contributed by atoms with Gasteiger partial charge in [0.25, 0.3) is 0 Å².